The fourth-order valence-electron chi connectivity index (χ4n) is 2.65. The largest absolute Gasteiger partial charge is 0.395 e. The molecule has 0 unspecified atom stereocenters. The van der Waals surface area contributed by atoms with Crippen molar-refractivity contribution in [3.05, 3.63) is 29.8 Å². The van der Waals surface area contributed by atoms with Crippen LogP contribution in [-0.4, -0.2) is 59.3 Å². The summed E-state index contributed by atoms with van der Waals surface area (Å²) in [6, 6.07) is 8.58. The van der Waals surface area contributed by atoms with Crippen molar-refractivity contribution in [1.82, 2.24) is 9.80 Å². The number of piperazine rings is 1. The lowest BCUT2D eigenvalue weighted by atomic mass is 10.1. The first kappa shape index (κ1) is 17.2. The number of aliphatic hydroxyl groups is 1. The van der Waals surface area contributed by atoms with Crippen LogP contribution in [0.3, 0.4) is 0 Å². The maximum atomic E-state index is 8.97. The van der Waals surface area contributed by atoms with Gasteiger partial charge in [0.05, 0.1) is 6.61 Å². The van der Waals surface area contributed by atoms with Crippen molar-refractivity contribution in [3.63, 3.8) is 0 Å². The van der Waals surface area contributed by atoms with E-state index < -0.39 is 0 Å². The van der Waals surface area contributed by atoms with Crippen LogP contribution < -0.4 is 5.32 Å². The zero-order valence-corrected chi connectivity index (χ0v) is 14.2. The van der Waals surface area contributed by atoms with Crippen molar-refractivity contribution in [1.29, 1.82) is 0 Å². The SMILES string of the molecule is CCCCc1ccc(NC(=S)N2CCN(CCO)CC2)cc1. The summed E-state index contributed by atoms with van der Waals surface area (Å²) in [7, 11) is 0. The molecule has 22 heavy (non-hydrogen) atoms. The first-order valence-corrected chi connectivity index (χ1v) is 8.62. The van der Waals surface area contributed by atoms with Crippen molar-refractivity contribution in [2.24, 2.45) is 0 Å². The molecular weight excluding hydrogens is 294 g/mol. The Labute approximate surface area is 139 Å². The number of rotatable bonds is 6. The zero-order chi connectivity index (χ0) is 15.8. The first-order valence-electron chi connectivity index (χ1n) is 8.21. The number of hydrogen-bond donors (Lipinski definition) is 2. The molecule has 0 atom stereocenters. The van der Waals surface area contributed by atoms with E-state index in [4.69, 9.17) is 17.3 Å². The van der Waals surface area contributed by atoms with Gasteiger partial charge in [0.25, 0.3) is 0 Å². The lowest BCUT2D eigenvalue weighted by Gasteiger charge is -2.35. The summed E-state index contributed by atoms with van der Waals surface area (Å²) < 4.78 is 0. The standard InChI is InChI=1S/C17H27N3OS/c1-2-3-4-15-5-7-16(8-6-15)18-17(22)20-11-9-19(10-12-20)13-14-21/h5-8,21H,2-4,9-14H2,1H3,(H,18,22). The van der Waals surface area contributed by atoms with Gasteiger partial charge in [-0.2, -0.15) is 0 Å². The van der Waals surface area contributed by atoms with Crippen LogP contribution >= 0.6 is 12.2 Å². The molecule has 0 bridgehead atoms. The van der Waals surface area contributed by atoms with Gasteiger partial charge >= 0.3 is 0 Å². The smallest absolute Gasteiger partial charge is 0.173 e. The van der Waals surface area contributed by atoms with Crippen molar-refractivity contribution in [3.8, 4) is 0 Å². The number of hydrogen-bond acceptors (Lipinski definition) is 3. The number of anilines is 1. The van der Waals surface area contributed by atoms with Crippen LogP contribution in [0, 0.1) is 0 Å². The maximum absolute atomic E-state index is 8.97. The van der Waals surface area contributed by atoms with Crippen LogP contribution in [0.15, 0.2) is 24.3 Å². The Morgan fingerprint density at radius 3 is 2.45 bits per heavy atom. The molecule has 1 aliphatic rings. The van der Waals surface area contributed by atoms with Crippen LogP contribution in [0.5, 0.6) is 0 Å². The number of β-amino-alcohol motifs (C(OH)–C–C–N with tert-alkyl or cyclic N) is 1. The van der Waals surface area contributed by atoms with Crippen molar-refractivity contribution in [2.75, 3.05) is 44.6 Å². The van der Waals surface area contributed by atoms with E-state index in [2.05, 4.69) is 46.3 Å². The first-order chi connectivity index (χ1) is 10.7. The third-order valence-electron chi connectivity index (χ3n) is 4.10. The Hall–Kier alpha value is -1.17. The van der Waals surface area contributed by atoms with Gasteiger partial charge in [0, 0.05) is 38.4 Å². The summed E-state index contributed by atoms with van der Waals surface area (Å²) in [5, 5.41) is 13.1. The highest BCUT2D eigenvalue weighted by atomic mass is 32.1. The number of nitrogens with one attached hydrogen (secondary N) is 1. The highest BCUT2D eigenvalue weighted by Crippen LogP contribution is 2.13. The second-order valence-electron chi connectivity index (χ2n) is 5.78. The van der Waals surface area contributed by atoms with Crippen molar-refractivity contribution >= 4 is 23.0 Å². The molecule has 1 saturated heterocycles. The van der Waals surface area contributed by atoms with E-state index in [-0.39, 0.29) is 6.61 Å². The van der Waals surface area contributed by atoms with Gasteiger partial charge in [0.1, 0.15) is 0 Å². The Morgan fingerprint density at radius 2 is 1.86 bits per heavy atom. The predicted octanol–water partition coefficient (Wildman–Crippen LogP) is 2.34. The van der Waals surface area contributed by atoms with E-state index in [1.165, 1.54) is 18.4 Å². The monoisotopic (exact) mass is 321 g/mol. The summed E-state index contributed by atoms with van der Waals surface area (Å²) in [6.45, 7) is 6.95. The zero-order valence-electron chi connectivity index (χ0n) is 13.4. The van der Waals surface area contributed by atoms with Gasteiger partial charge < -0.3 is 15.3 Å². The van der Waals surface area contributed by atoms with Gasteiger partial charge in [-0.1, -0.05) is 25.5 Å². The second-order valence-corrected chi connectivity index (χ2v) is 6.17. The van der Waals surface area contributed by atoms with E-state index >= 15 is 0 Å². The van der Waals surface area contributed by atoms with Crippen molar-refractivity contribution < 1.29 is 5.11 Å². The Bertz CT molecular complexity index is 455. The molecule has 1 aromatic rings. The highest BCUT2D eigenvalue weighted by molar-refractivity contribution is 7.80. The predicted molar refractivity (Wildman–Crippen MR) is 96.4 cm³/mol. The Balaban J connectivity index is 1.79. The number of thiocarbonyl (C=S) groups is 1. The molecule has 1 fully saturated rings. The molecule has 1 heterocycles. The summed E-state index contributed by atoms with van der Waals surface area (Å²) in [5.74, 6) is 0. The topological polar surface area (TPSA) is 38.7 Å². The van der Waals surface area contributed by atoms with Crippen LogP contribution in [0.2, 0.25) is 0 Å². The van der Waals surface area contributed by atoms with E-state index in [9.17, 15) is 0 Å². The number of unbranched alkanes of at least 4 members (excludes halogenated alkanes) is 1. The number of nitrogens with zero attached hydrogens (tertiary/aromatic N) is 2. The molecule has 0 saturated carbocycles. The third-order valence-corrected chi connectivity index (χ3v) is 4.46. The van der Waals surface area contributed by atoms with Gasteiger partial charge in [0.2, 0.25) is 0 Å². The van der Waals surface area contributed by atoms with E-state index in [1.54, 1.807) is 0 Å². The van der Waals surface area contributed by atoms with Crippen LogP contribution in [-0.2, 0) is 6.42 Å². The molecule has 5 heteroatoms. The van der Waals surface area contributed by atoms with Gasteiger partial charge in [-0.15, -0.1) is 0 Å². The summed E-state index contributed by atoms with van der Waals surface area (Å²) in [4.78, 5) is 4.47. The second kappa shape index (κ2) is 9.08. The number of benzene rings is 1. The number of aryl methyl sites for hydroxylation is 1. The lowest BCUT2D eigenvalue weighted by Crippen LogP contribution is -2.50. The fraction of sp³-hybridized carbons (Fsp3) is 0.588. The van der Waals surface area contributed by atoms with Gasteiger partial charge in [-0.25, -0.2) is 0 Å². The molecule has 0 spiro atoms. The Morgan fingerprint density at radius 1 is 1.18 bits per heavy atom. The molecule has 0 aromatic heterocycles. The molecule has 2 rings (SSSR count). The minimum atomic E-state index is 0.229. The number of aliphatic hydroxyl groups excluding tert-OH is 1. The average molecular weight is 321 g/mol. The van der Waals surface area contributed by atoms with Crippen LogP contribution in [0.25, 0.3) is 0 Å². The van der Waals surface area contributed by atoms with Crippen LogP contribution in [0.1, 0.15) is 25.3 Å². The molecule has 0 radical (unpaired) electrons. The van der Waals surface area contributed by atoms with E-state index in [0.717, 1.165) is 49.9 Å². The van der Waals surface area contributed by atoms with E-state index in [1.807, 2.05) is 0 Å². The molecule has 0 aliphatic carbocycles. The van der Waals surface area contributed by atoms with Gasteiger partial charge in [-0.3, -0.25) is 4.90 Å². The van der Waals surface area contributed by atoms with Gasteiger partial charge in [-0.05, 0) is 42.8 Å². The quantitative estimate of drug-likeness (QED) is 0.787. The minimum Gasteiger partial charge on any atom is -0.395 e. The molecular formula is C17H27N3OS. The summed E-state index contributed by atoms with van der Waals surface area (Å²) in [6.07, 6.45) is 3.61. The summed E-state index contributed by atoms with van der Waals surface area (Å²) in [5.41, 5.74) is 2.44. The molecule has 1 aliphatic heterocycles. The average Bonchev–Trinajstić information content (AvgIpc) is 2.55. The normalized spacial score (nSPS) is 15.8. The molecule has 4 nitrogen and oxygen atoms in total. The van der Waals surface area contributed by atoms with E-state index in [0.29, 0.717) is 0 Å². The minimum absolute atomic E-state index is 0.229. The third kappa shape index (κ3) is 5.23. The van der Waals surface area contributed by atoms with Crippen LogP contribution in [0.4, 0.5) is 5.69 Å². The molecule has 2 N–H and O–H groups in total. The molecule has 0 amide bonds. The fourth-order valence-corrected chi connectivity index (χ4v) is 2.95. The van der Waals surface area contributed by atoms with Crippen molar-refractivity contribution in [2.45, 2.75) is 26.2 Å². The summed E-state index contributed by atoms with van der Waals surface area (Å²) >= 11 is 5.51. The van der Waals surface area contributed by atoms with Gasteiger partial charge in [0.15, 0.2) is 5.11 Å². The Kier molecular flexibility index (Phi) is 7.09. The molecule has 122 valence electrons. The lowest BCUT2D eigenvalue weighted by molar-refractivity contribution is 0.148. The highest BCUT2D eigenvalue weighted by Gasteiger charge is 2.18. The molecule has 1 aromatic carbocycles. The maximum Gasteiger partial charge on any atom is 0.173 e.